The lowest BCUT2D eigenvalue weighted by Gasteiger charge is -2.34. The van der Waals surface area contributed by atoms with Gasteiger partial charge in [0.25, 0.3) is 5.91 Å². The molecular formula is C22H24ClN5O4S. The zero-order valence-electron chi connectivity index (χ0n) is 18.2. The van der Waals surface area contributed by atoms with Crippen LogP contribution in [0.15, 0.2) is 60.0 Å². The molecule has 33 heavy (non-hydrogen) atoms. The first-order chi connectivity index (χ1) is 15.7. The van der Waals surface area contributed by atoms with E-state index in [1.165, 1.54) is 28.8 Å². The van der Waals surface area contributed by atoms with Crippen molar-refractivity contribution < 1.29 is 17.9 Å². The summed E-state index contributed by atoms with van der Waals surface area (Å²) in [5.41, 5.74) is 1.94. The monoisotopic (exact) mass is 489 g/mol. The second kappa shape index (κ2) is 9.60. The topological polar surface area (TPSA) is 106 Å². The van der Waals surface area contributed by atoms with Gasteiger partial charge in [-0.05, 0) is 49.7 Å². The van der Waals surface area contributed by atoms with Crippen LogP contribution in [0, 0.1) is 0 Å². The van der Waals surface area contributed by atoms with Crippen LogP contribution in [0.2, 0.25) is 5.02 Å². The van der Waals surface area contributed by atoms with Gasteiger partial charge in [0.05, 0.1) is 22.9 Å². The van der Waals surface area contributed by atoms with Crippen molar-refractivity contribution in [2.75, 3.05) is 13.1 Å². The fourth-order valence-corrected chi connectivity index (χ4v) is 5.79. The zero-order chi connectivity index (χ0) is 23.6. The predicted molar refractivity (Wildman–Crippen MR) is 123 cm³/mol. The average molecular weight is 490 g/mol. The van der Waals surface area contributed by atoms with E-state index in [-0.39, 0.29) is 47.3 Å². The third-order valence-electron chi connectivity index (χ3n) is 5.27. The lowest BCUT2D eigenvalue weighted by Crippen LogP contribution is -2.48. The highest BCUT2D eigenvalue weighted by Crippen LogP contribution is 2.28. The molecule has 2 atom stereocenters. The number of hydrogen-bond acceptors (Lipinski definition) is 6. The van der Waals surface area contributed by atoms with Crippen LogP contribution < -0.4 is 5.32 Å². The van der Waals surface area contributed by atoms with E-state index in [2.05, 4.69) is 15.4 Å². The summed E-state index contributed by atoms with van der Waals surface area (Å²) in [7, 11) is -3.88. The minimum Gasteiger partial charge on any atom is -0.373 e. The molecule has 2 aromatic carbocycles. The number of benzene rings is 2. The first kappa shape index (κ1) is 23.4. The van der Waals surface area contributed by atoms with Crippen molar-refractivity contribution in [1.82, 2.24) is 24.4 Å². The molecule has 2 unspecified atom stereocenters. The Labute approximate surface area is 197 Å². The van der Waals surface area contributed by atoms with E-state index in [4.69, 9.17) is 16.3 Å². The molecule has 1 aliphatic rings. The largest absolute Gasteiger partial charge is 0.373 e. The van der Waals surface area contributed by atoms with Gasteiger partial charge in [0.1, 0.15) is 17.6 Å². The van der Waals surface area contributed by atoms with Crippen LogP contribution in [0.3, 0.4) is 0 Å². The Hall–Kier alpha value is -2.79. The van der Waals surface area contributed by atoms with Crippen LogP contribution in [0.4, 0.5) is 0 Å². The summed E-state index contributed by atoms with van der Waals surface area (Å²) in [5, 5.41) is 6.96. The van der Waals surface area contributed by atoms with Gasteiger partial charge in [0.15, 0.2) is 0 Å². The van der Waals surface area contributed by atoms with Gasteiger partial charge >= 0.3 is 0 Å². The van der Waals surface area contributed by atoms with Crippen molar-refractivity contribution in [3.8, 4) is 5.69 Å². The third-order valence-corrected chi connectivity index (χ3v) is 7.58. The van der Waals surface area contributed by atoms with Gasteiger partial charge in [-0.3, -0.25) is 4.79 Å². The molecule has 1 aliphatic heterocycles. The van der Waals surface area contributed by atoms with Gasteiger partial charge in [0.2, 0.25) is 10.0 Å². The smallest absolute Gasteiger partial charge is 0.251 e. The van der Waals surface area contributed by atoms with Gasteiger partial charge in [-0.15, -0.1) is 0 Å². The van der Waals surface area contributed by atoms with Gasteiger partial charge in [-0.2, -0.15) is 9.40 Å². The molecule has 0 radical (unpaired) electrons. The van der Waals surface area contributed by atoms with Gasteiger partial charge in [-0.1, -0.05) is 23.7 Å². The van der Waals surface area contributed by atoms with Crippen molar-refractivity contribution in [2.24, 2.45) is 0 Å². The minimum atomic E-state index is -3.88. The molecule has 1 saturated heterocycles. The summed E-state index contributed by atoms with van der Waals surface area (Å²) in [4.78, 5) is 16.6. The molecule has 2 heterocycles. The van der Waals surface area contributed by atoms with Crippen LogP contribution >= 0.6 is 11.6 Å². The molecule has 0 spiro atoms. The lowest BCUT2D eigenvalue weighted by molar-refractivity contribution is -0.0440. The number of halogens is 1. The highest BCUT2D eigenvalue weighted by molar-refractivity contribution is 7.89. The maximum absolute atomic E-state index is 13.2. The number of sulfonamides is 1. The Balaban J connectivity index is 1.47. The maximum atomic E-state index is 13.2. The number of ether oxygens (including phenoxy) is 1. The normalized spacial score (nSPS) is 19.4. The Morgan fingerprint density at radius 1 is 1.15 bits per heavy atom. The highest BCUT2D eigenvalue weighted by atomic mass is 35.5. The van der Waals surface area contributed by atoms with Crippen LogP contribution in [0.5, 0.6) is 0 Å². The summed E-state index contributed by atoms with van der Waals surface area (Å²) in [6.45, 7) is 4.37. The minimum absolute atomic E-state index is 0.0713. The van der Waals surface area contributed by atoms with Crippen LogP contribution in [0.25, 0.3) is 5.69 Å². The summed E-state index contributed by atoms with van der Waals surface area (Å²) in [6.07, 6.45) is 2.59. The summed E-state index contributed by atoms with van der Waals surface area (Å²) in [6, 6.07) is 11.7. The molecule has 1 amide bonds. The molecule has 0 saturated carbocycles. The molecule has 4 rings (SSSR count). The van der Waals surface area contributed by atoms with Crippen molar-refractivity contribution >= 4 is 27.5 Å². The van der Waals surface area contributed by atoms with Crippen molar-refractivity contribution in [2.45, 2.75) is 37.5 Å². The summed E-state index contributed by atoms with van der Waals surface area (Å²) < 4.78 is 35.1. The Morgan fingerprint density at radius 3 is 2.48 bits per heavy atom. The number of morpholine rings is 1. The molecule has 174 valence electrons. The fourth-order valence-electron chi connectivity index (χ4n) is 3.70. The van der Waals surface area contributed by atoms with Crippen LogP contribution in [-0.2, 0) is 21.3 Å². The first-order valence-corrected chi connectivity index (χ1v) is 12.2. The quantitative estimate of drug-likeness (QED) is 0.570. The van der Waals surface area contributed by atoms with Gasteiger partial charge < -0.3 is 10.1 Å². The molecule has 0 aliphatic carbocycles. The Bertz CT molecular complexity index is 1220. The zero-order valence-corrected chi connectivity index (χ0v) is 19.8. The standard InChI is InChI=1S/C22H24ClN5O4S/c1-15-11-27(12-16(2)32-15)33(30,31)21-9-18(5-8-20(21)23)22(29)25-10-17-3-6-19(7-4-17)28-14-24-13-26-28/h3-9,13-16H,10-12H2,1-2H3,(H,25,29). The maximum Gasteiger partial charge on any atom is 0.251 e. The average Bonchev–Trinajstić information content (AvgIpc) is 3.32. The first-order valence-electron chi connectivity index (χ1n) is 10.4. The number of amides is 1. The molecule has 3 aromatic rings. The summed E-state index contributed by atoms with van der Waals surface area (Å²) in [5.74, 6) is -0.396. The second-order valence-electron chi connectivity index (χ2n) is 7.91. The number of hydrogen-bond donors (Lipinski definition) is 1. The second-order valence-corrected chi connectivity index (χ2v) is 10.2. The molecule has 9 nitrogen and oxygen atoms in total. The molecule has 1 N–H and O–H groups in total. The lowest BCUT2D eigenvalue weighted by atomic mass is 10.2. The van der Waals surface area contributed by atoms with Crippen molar-refractivity contribution in [1.29, 1.82) is 0 Å². The molecular weight excluding hydrogens is 466 g/mol. The van der Waals surface area contributed by atoms with Crippen LogP contribution in [0.1, 0.15) is 29.8 Å². The fraction of sp³-hybridized carbons (Fsp3) is 0.318. The van der Waals surface area contributed by atoms with E-state index in [9.17, 15) is 13.2 Å². The molecule has 1 aromatic heterocycles. The van der Waals surface area contributed by atoms with E-state index in [0.717, 1.165) is 11.3 Å². The molecule has 1 fully saturated rings. The Morgan fingerprint density at radius 2 is 1.85 bits per heavy atom. The number of nitrogens with one attached hydrogen (secondary N) is 1. The van der Waals surface area contributed by atoms with E-state index in [0.29, 0.717) is 0 Å². The predicted octanol–water partition coefficient (Wildman–Crippen LogP) is 2.65. The molecule has 0 bridgehead atoms. The van der Waals surface area contributed by atoms with Gasteiger partial charge in [0, 0.05) is 25.2 Å². The van der Waals surface area contributed by atoms with Crippen LogP contribution in [-0.4, -0.2) is 58.7 Å². The third kappa shape index (κ3) is 5.25. The number of aromatic nitrogens is 3. The highest BCUT2D eigenvalue weighted by Gasteiger charge is 2.33. The number of rotatable bonds is 6. The van der Waals surface area contributed by atoms with Crippen molar-refractivity contribution in [3.05, 3.63) is 71.3 Å². The number of carbonyl (C=O) groups is 1. The van der Waals surface area contributed by atoms with Crippen molar-refractivity contribution in [3.63, 3.8) is 0 Å². The Kier molecular flexibility index (Phi) is 6.80. The number of nitrogens with zero attached hydrogens (tertiary/aromatic N) is 4. The van der Waals surface area contributed by atoms with E-state index in [1.54, 1.807) is 11.0 Å². The molecule has 11 heteroatoms. The SMILES string of the molecule is CC1CN(S(=O)(=O)c2cc(C(=O)NCc3ccc(-n4cncn4)cc3)ccc2Cl)CC(C)O1. The van der Waals surface area contributed by atoms with E-state index >= 15 is 0 Å². The van der Waals surface area contributed by atoms with E-state index < -0.39 is 15.9 Å². The number of carbonyl (C=O) groups excluding carboxylic acids is 1. The van der Waals surface area contributed by atoms with E-state index in [1.807, 2.05) is 38.1 Å². The summed E-state index contributed by atoms with van der Waals surface area (Å²) >= 11 is 6.23. The van der Waals surface area contributed by atoms with Gasteiger partial charge in [-0.25, -0.2) is 18.1 Å².